The van der Waals surface area contributed by atoms with E-state index in [4.69, 9.17) is 9.47 Å². The molecule has 0 saturated carbocycles. The minimum absolute atomic E-state index is 0.228. The highest BCUT2D eigenvalue weighted by molar-refractivity contribution is 6.04. The summed E-state index contributed by atoms with van der Waals surface area (Å²) in [5.41, 5.74) is 2.55. The van der Waals surface area contributed by atoms with Gasteiger partial charge in [-0.15, -0.1) is 0 Å². The summed E-state index contributed by atoms with van der Waals surface area (Å²) in [6.07, 6.45) is 3.43. The number of rotatable bonds is 8. The van der Waals surface area contributed by atoms with E-state index in [1.165, 1.54) is 4.68 Å². The van der Waals surface area contributed by atoms with Crippen molar-refractivity contribution in [2.75, 3.05) is 11.9 Å². The fourth-order valence-electron chi connectivity index (χ4n) is 3.58. The predicted molar refractivity (Wildman–Crippen MR) is 130 cm³/mol. The molecule has 2 aromatic carbocycles. The zero-order valence-electron chi connectivity index (χ0n) is 19.3. The molecule has 34 heavy (non-hydrogen) atoms. The van der Waals surface area contributed by atoms with Crippen LogP contribution in [0.15, 0.2) is 77.9 Å². The lowest BCUT2D eigenvalue weighted by Gasteiger charge is -2.13. The molecule has 1 N–H and O–H groups in total. The molecule has 0 fully saturated rings. The summed E-state index contributed by atoms with van der Waals surface area (Å²) in [6, 6.07) is 18.0. The number of nitrogens with one attached hydrogen (secondary N) is 1. The second-order valence-corrected chi connectivity index (χ2v) is 7.64. The third-order valence-electron chi connectivity index (χ3n) is 5.42. The van der Waals surface area contributed by atoms with E-state index < -0.39 is 5.91 Å². The van der Waals surface area contributed by atoms with Gasteiger partial charge in [-0.3, -0.25) is 19.3 Å². The second-order valence-electron chi connectivity index (χ2n) is 7.64. The number of hydrogen-bond acceptors (Lipinski definition) is 5. The Balaban J connectivity index is 1.58. The molecular formula is C26H26N4O4. The van der Waals surface area contributed by atoms with Gasteiger partial charge in [-0.1, -0.05) is 24.3 Å². The van der Waals surface area contributed by atoms with Crippen molar-refractivity contribution in [2.24, 2.45) is 7.05 Å². The topological polar surface area (TPSA) is 87.4 Å². The van der Waals surface area contributed by atoms with Gasteiger partial charge in [0, 0.05) is 30.6 Å². The highest BCUT2D eigenvalue weighted by Gasteiger charge is 2.20. The van der Waals surface area contributed by atoms with Gasteiger partial charge in [0.05, 0.1) is 18.0 Å². The number of hydrogen-bond donors (Lipinski definition) is 1. The molecule has 0 aliphatic rings. The molecule has 0 aliphatic heterocycles. The minimum Gasteiger partial charge on any atom is -0.490 e. The average Bonchev–Trinajstić information content (AvgIpc) is 3.07. The summed E-state index contributed by atoms with van der Waals surface area (Å²) >= 11 is 0. The predicted octanol–water partition coefficient (Wildman–Crippen LogP) is 4.11. The van der Waals surface area contributed by atoms with E-state index in [0.717, 1.165) is 5.56 Å². The zero-order chi connectivity index (χ0) is 24.1. The number of carbonyl (C=O) groups is 1. The molecule has 174 valence electrons. The van der Waals surface area contributed by atoms with Crippen molar-refractivity contribution < 1.29 is 14.3 Å². The lowest BCUT2D eigenvalue weighted by molar-refractivity contribution is 0.102. The number of aromatic nitrogens is 3. The maximum atomic E-state index is 13.1. The van der Waals surface area contributed by atoms with Crippen LogP contribution < -0.4 is 20.3 Å². The van der Waals surface area contributed by atoms with E-state index in [0.29, 0.717) is 41.7 Å². The number of para-hydroxylation sites is 1. The van der Waals surface area contributed by atoms with Gasteiger partial charge in [-0.25, -0.2) is 4.68 Å². The molecule has 0 atom stereocenters. The van der Waals surface area contributed by atoms with Gasteiger partial charge in [0.1, 0.15) is 12.3 Å². The smallest absolute Gasteiger partial charge is 0.295 e. The van der Waals surface area contributed by atoms with Gasteiger partial charge in [0.2, 0.25) is 0 Å². The third-order valence-corrected chi connectivity index (χ3v) is 5.42. The van der Waals surface area contributed by atoms with Crippen molar-refractivity contribution >= 4 is 11.6 Å². The standard InChI is InChI=1S/C26H26N4O4/c1-4-33-23-15-20(12-13-22(23)34-17-19-9-8-14-27-16-19)25(31)28-24-18(2)29(3)30(26(24)32)21-10-6-5-7-11-21/h5-16H,4,17H2,1-3H3,(H,28,31). The summed E-state index contributed by atoms with van der Waals surface area (Å²) in [5.74, 6) is 0.556. The molecule has 0 bridgehead atoms. The molecule has 2 aromatic heterocycles. The van der Waals surface area contributed by atoms with E-state index in [2.05, 4.69) is 10.3 Å². The van der Waals surface area contributed by atoms with Crippen molar-refractivity contribution in [1.82, 2.24) is 14.3 Å². The lowest BCUT2D eigenvalue weighted by Crippen LogP contribution is -2.23. The van der Waals surface area contributed by atoms with E-state index in [9.17, 15) is 9.59 Å². The van der Waals surface area contributed by atoms with E-state index in [1.54, 1.807) is 49.2 Å². The first-order chi connectivity index (χ1) is 16.5. The van der Waals surface area contributed by atoms with Crippen LogP contribution in [0, 0.1) is 6.92 Å². The molecule has 4 aromatic rings. The van der Waals surface area contributed by atoms with Crippen molar-refractivity contribution in [1.29, 1.82) is 0 Å². The van der Waals surface area contributed by atoms with Gasteiger partial charge in [0.25, 0.3) is 11.5 Å². The first-order valence-corrected chi connectivity index (χ1v) is 10.9. The van der Waals surface area contributed by atoms with E-state index >= 15 is 0 Å². The Hall–Kier alpha value is -4.33. The number of ether oxygens (including phenoxy) is 2. The van der Waals surface area contributed by atoms with Crippen LogP contribution in [0.5, 0.6) is 11.5 Å². The first-order valence-electron chi connectivity index (χ1n) is 10.9. The number of amides is 1. The summed E-state index contributed by atoms with van der Waals surface area (Å²) in [6.45, 7) is 4.38. The van der Waals surface area contributed by atoms with Gasteiger partial charge in [-0.2, -0.15) is 0 Å². The number of pyridine rings is 1. The molecule has 1 amide bonds. The van der Waals surface area contributed by atoms with Gasteiger partial charge < -0.3 is 14.8 Å². The van der Waals surface area contributed by atoms with E-state index in [-0.39, 0.29) is 11.2 Å². The number of anilines is 1. The quantitative estimate of drug-likeness (QED) is 0.429. The first kappa shape index (κ1) is 22.8. The Morgan fingerprint density at radius 2 is 1.82 bits per heavy atom. The van der Waals surface area contributed by atoms with Gasteiger partial charge in [0.15, 0.2) is 11.5 Å². The minimum atomic E-state index is -0.411. The van der Waals surface area contributed by atoms with Crippen molar-refractivity contribution in [3.05, 3.63) is 100 Å². The lowest BCUT2D eigenvalue weighted by atomic mass is 10.2. The van der Waals surface area contributed by atoms with E-state index in [1.807, 2.05) is 49.4 Å². The van der Waals surface area contributed by atoms with Crippen LogP contribution in [0.1, 0.15) is 28.5 Å². The fraction of sp³-hybridized carbons (Fsp3) is 0.192. The summed E-state index contributed by atoms with van der Waals surface area (Å²) in [7, 11) is 1.78. The molecule has 0 spiro atoms. The van der Waals surface area contributed by atoms with Crippen LogP contribution in [0.3, 0.4) is 0 Å². The Kier molecular flexibility index (Phi) is 6.77. The molecule has 0 radical (unpaired) electrons. The van der Waals surface area contributed by atoms with Gasteiger partial charge in [-0.05, 0) is 50.2 Å². The van der Waals surface area contributed by atoms with Crippen LogP contribution in [-0.2, 0) is 13.7 Å². The summed E-state index contributed by atoms with van der Waals surface area (Å²) < 4.78 is 14.8. The maximum absolute atomic E-state index is 13.1. The maximum Gasteiger partial charge on any atom is 0.295 e. The number of benzene rings is 2. The zero-order valence-corrected chi connectivity index (χ0v) is 19.3. The highest BCUT2D eigenvalue weighted by Crippen LogP contribution is 2.29. The normalized spacial score (nSPS) is 10.7. The largest absolute Gasteiger partial charge is 0.490 e. The average molecular weight is 459 g/mol. The molecule has 2 heterocycles. The van der Waals surface area contributed by atoms with Gasteiger partial charge >= 0.3 is 0 Å². The second kappa shape index (κ2) is 10.1. The third kappa shape index (κ3) is 4.71. The molecule has 0 aliphatic carbocycles. The van der Waals surface area contributed by atoms with Crippen molar-refractivity contribution in [3.63, 3.8) is 0 Å². The Morgan fingerprint density at radius 1 is 1.03 bits per heavy atom. The van der Waals surface area contributed by atoms with Crippen LogP contribution in [0.4, 0.5) is 5.69 Å². The molecule has 0 unspecified atom stereocenters. The Labute approximate surface area is 197 Å². The summed E-state index contributed by atoms with van der Waals surface area (Å²) in [5, 5.41) is 2.77. The monoisotopic (exact) mass is 458 g/mol. The molecule has 0 saturated heterocycles. The van der Waals surface area contributed by atoms with Crippen LogP contribution in [0.2, 0.25) is 0 Å². The molecule has 8 nitrogen and oxygen atoms in total. The van der Waals surface area contributed by atoms with Crippen LogP contribution >= 0.6 is 0 Å². The highest BCUT2D eigenvalue weighted by atomic mass is 16.5. The molecule has 4 rings (SSSR count). The van der Waals surface area contributed by atoms with Crippen molar-refractivity contribution in [3.8, 4) is 17.2 Å². The molecule has 8 heteroatoms. The Bertz CT molecular complexity index is 1340. The molecular weight excluding hydrogens is 432 g/mol. The summed E-state index contributed by atoms with van der Waals surface area (Å²) in [4.78, 5) is 30.2. The van der Waals surface area contributed by atoms with Crippen molar-refractivity contribution in [2.45, 2.75) is 20.5 Å². The number of carbonyl (C=O) groups excluding carboxylic acids is 1. The fourth-order valence-corrected chi connectivity index (χ4v) is 3.58. The van der Waals surface area contributed by atoms with Crippen LogP contribution in [0.25, 0.3) is 5.69 Å². The van der Waals surface area contributed by atoms with Crippen LogP contribution in [-0.4, -0.2) is 26.9 Å². The SMILES string of the molecule is CCOc1cc(C(=O)Nc2c(C)n(C)n(-c3ccccc3)c2=O)ccc1OCc1cccnc1. The number of nitrogens with zero attached hydrogens (tertiary/aromatic N) is 3. The Morgan fingerprint density at radius 3 is 2.53 bits per heavy atom.